The Morgan fingerprint density at radius 1 is 1.19 bits per heavy atom. The first kappa shape index (κ1) is 13.3. The highest BCUT2D eigenvalue weighted by Crippen LogP contribution is 2.40. The van der Waals surface area contributed by atoms with E-state index >= 15 is 0 Å². The van der Waals surface area contributed by atoms with Gasteiger partial charge in [-0.3, -0.25) is 4.79 Å². The molecule has 2 aliphatic heterocycles. The van der Waals surface area contributed by atoms with E-state index in [-0.39, 0.29) is 5.91 Å². The number of carbonyl (C=O) groups excluding carboxylic acids is 1. The van der Waals surface area contributed by atoms with E-state index in [0.29, 0.717) is 23.6 Å². The first-order valence-corrected chi connectivity index (χ1v) is 8.18. The summed E-state index contributed by atoms with van der Waals surface area (Å²) in [5.74, 6) is 1.57. The van der Waals surface area contributed by atoms with Crippen molar-refractivity contribution >= 4 is 5.91 Å². The lowest BCUT2D eigenvalue weighted by Crippen LogP contribution is -2.41. The molecule has 1 unspecified atom stereocenters. The fourth-order valence-corrected chi connectivity index (χ4v) is 3.74. The van der Waals surface area contributed by atoms with Crippen molar-refractivity contribution in [1.29, 1.82) is 0 Å². The fourth-order valence-electron chi connectivity index (χ4n) is 3.74. The predicted octanol–water partition coefficient (Wildman–Crippen LogP) is 2.58. The second-order valence-corrected chi connectivity index (χ2v) is 6.55. The lowest BCUT2D eigenvalue weighted by Gasteiger charge is -2.33. The second-order valence-electron chi connectivity index (χ2n) is 6.55. The van der Waals surface area contributed by atoms with Crippen molar-refractivity contribution in [3.05, 3.63) is 17.5 Å². The lowest BCUT2D eigenvalue weighted by molar-refractivity contribution is 0.0307. The van der Waals surface area contributed by atoms with Gasteiger partial charge in [-0.15, -0.1) is 0 Å². The molecule has 1 saturated carbocycles. The Balaban J connectivity index is 1.48. The van der Waals surface area contributed by atoms with Crippen LogP contribution in [0.4, 0.5) is 0 Å². The Bertz CT molecular complexity index is 517. The van der Waals surface area contributed by atoms with Crippen molar-refractivity contribution in [2.45, 2.75) is 50.5 Å². The van der Waals surface area contributed by atoms with E-state index in [1.54, 1.807) is 0 Å². The molecular formula is C16H22N2O3. The Hall–Kier alpha value is -1.36. The van der Waals surface area contributed by atoms with E-state index in [9.17, 15) is 4.79 Å². The van der Waals surface area contributed by atoms with Gasteiger partial charge in [0.25, 0.3) is 5.91 Å². The summed E-state index contributed by atoms with van der Waals surface area (Å²) in [5.41, 5.74) is 0.958. The highest BCUT2D eigenvalue weighted by Gasteiger charge is 2.37. The Kier molecular flexibility index (Phi) is 3.45. The van der Waals surface area contributed by atoms with Crippen molar-refractivity contribution < 1.29 is 14.1 Å². The smallest absolute Gasteiger partial charge is 0.292 e. The van der Waals surface area contributed by atoms with Crippen LogP contribution in [0.2, 0.25) is 0 Å². The van der Waals surface area contributed by atoms with Crippen LogP contribution in [0.1, 0.15) is 60.7 Å². The molecule has 21 heavy (non-hydrogen) atoms. The van der Waals surface area contributed by atoms with Gasteiger partial charge in [0.05, 0.1) is 5.69 Å². The van der Waals surface area contributed by atoms with Gasteiger partial charge in [0.15, 0.2) is 0 Å². The molecule has 0 aromatic carbocycles. The third-order valence-corrected chi connectivity index (χ3v) is 5.11. The lowest BCUT2D eigenvalue weighted by atomic mass is 9.90. The average Bonchev–Trinajstić information content (AvgIpc) is 3.07. The van der Waals surface area contributed by atoms with Gasteiger partial charge >= 0.3 is 0 Å². The Morgan fingerprint density at radius 3 is 2.76 bits per heavy atom. The summed E-state index contributed by atoms with van der Waals surface area (Å²) in [6, 6.07) is 2.22. The summed E-state index contributed by atoms with van der Waals surface area (Å²) < 4.78 is 10.8. The summed E-state index contributed by atoms with van der Waals surface area (Å²) in [5, 5.41) is 4.07. The fraction of sp³-hybridized carbons (Fsp3) is 0.750. The van der Waals surface area contributed by atoms with Gasteiger partial charge in [0.1, 0.15) is 0 Å². The van der Waals surface area contributed by atoms with E-state index in [2.05, 4.69) is 5.16 Å². The molecule has 0 N–H and O–H groups in total. The summed E-state index contributed by atoms with van der Waals surface area (Å²) in [6.45, 7) is 2.51. The van der Waals surface area contributed by atoms with Crippen LogP contribution in [0.5, 0.6) is 0 Å². The van der Waals surface area contributed by atoms with Gasteiger partial charge in [-0.05, 0) is 44.4 Å². The molecule has 1 aromatic heterocycles. The molecule has 2 saturated heterocycles. The molecule has 0 radical (unpaired) electrons. The third kappa shape index (κ3) is 2.59. The first-order chi connectivity index (χ1) is 10.3. The molecule has 114 valence electrons. The minimum atomic E-state index is 0.0309. The minimum Gasteiger partial charge on any atom is -0.381 e. The maximum Gasteiger partial charge on any atom is 0.292 e. The van der Waals surface area contributed by atoms with Gasteiger partial charge in [-0.2, -0.15) is 0 Å². The van der Waals surface area contributed by atoms with Crippen LogP contribution >= 0.6 is 0 Å². The number of ether oxygens (including phenoxy) is 1. The number of nitrogens with zero attached hydrogens (tertiary/aromatic N) is 2. The van der Waals surface area contributed by atoms with E-state index in [1.165, 1.54) is 12.8 Å². The number of likely N-dealkylation sites (tertiary alicyclic amines) is 1. The molecule has 5 heteroatoms. The molecule has 3 heterocycles. The molecule has 1 aromatic rings. The van der Waals surface area contributed by atoms with Gasteiger partial charge in [-0.1, -0.05) is 5.16 Å². The summed E-state index contributed by atoms with van der Waals surface area (Å²) in [6.07, 6.45) is 6.69. The third-order valence-electron chi connectivity index (χ3n) is 5.11. The topological polar surface area (TPSA) is 55.6 Å². The number of rotatable bonds is 3. The highest BCUT2D eigenvalue weighted by atomic mass is 16.5. The first-order valence-electron chi connectivity index (χ1n) is 8.18. The SMILES string of the molecule is O=C(c1cc(C2CC2)no1)N1CCCC1C1CCOCC1. The number of aromatic nitrogens is 1. The Morgan fingerprint density at radius 2 is 2.00 bits per heavy atom. The number of amides is 1. The summed E-state index contributed by atoms with van der Waals surface area (Å²) >= 11 is 0. The minimum absolute atomic E-state index is 0.0309. The van der Waals surface area contributed by atoms with Crippen LogP contribution in [0, 0.1) is 5.92 Å². The van der Waals surface area contributed by atoms with Crippen LogP contribution in [-0.4, -0.2) is 41.8 Å². The monoisotopic (exact) mass is 290 g/mol. The molecule has 1 aliphatic carbocycles. The quantitative estimate of drug-likeness (QED) is 0.858. The highest BCUT2D eigenvalue weighted by molar-refractivity contribution is 5.92. The molecule has 1 atom stereocenters. The zero-order valence-electron chi connectivity index (χ0n) is 12.3. The van der Waals surface area contributed by atoms with Gasteiger partial charge in [0.2, 0.25) is 5.76 Å². The molecule has 3 fully saturated rings. The summed E-state index contributed by atoms with van der Waals surface area (Å²) in [7, 11) is 0. The van der Waals surface area contributed by atoms with Crippen molar-refractivity contribution in [2.75, 3.05) is 19.8 Å². The van der Waals surface area contributed by atoms with Gasteiger partial charge in [-0.25, -0.2) is 0 Å². The number of carbonyl (C=O) groups is 1. The zero-order chi connectivity index (χ0) is 14.2. The maximum absolute atomic E-state index is 12.7. The molecule has 1 amide bonds. The van der Waals surface area contributed by atoms with Crippen molar-refractivity contribution in [3.63, 3.8) is 0 Å². The number of hydrogen-bond donors (Lipinski definition) is 0. The van der Waals surface area contributed by atoms with Crippen LogP contribution < -0.4 is 0 Å². The molecule has 0 bridgehead atoms. The number of hydrogen-bond acceptors (Lipinski definition) is 4. The van der Waals surface area contributed by atoms with Crippen molar-refractivity contribution in [3.8, 4) is 0 Å². The van der Waals surface area contributed by atoms with Gasteiger partial charge in [0, 0.05) is 37.8 Å². The van der Waals surface area contributed by atoms with E-state index in [1.807, 2.05) is 11.0 Å². The van der Waals surface area contributed by atoms with Crippen LogP contribution in [0.15, 0.2) is 10.6 Å². The van der Waals surface area contributed by atoms with Crippen LogP contribution in [0.25, 0.3) is 0 Å². The van der Waals surface area contributed by atoms with E-state index in [4.69, 9.17) is 9.26 Å². The van der Waals surface area contributed by atoms with E-state index in [0.717, 1.165) is 51.1 Å². The van der Waals surface area contributed by atoms with E-state index < -0.39 is 0 Å². The normalized spacial score (nSPS) is 27.2. The largest absolute Gasteiger partial charge is 0.381 e. The predicted molar refractivity (Wildman–Crippen MR) is 76.1 cm³/mol. The maximum atomic E-state index is 12.7. The second kappa shape index (κ2) is 5.44. The molecule has 5 nitrogen and oxygen atoms in total. The Labute approximate surface area is 124 Å². The zero-order valence-corrected chi connectivity index (χ0v) is 12.3. The van der Waals surface area contributed by atoms with Gasteiger partial charge < -0.3 is 14.2 Å². The molecule has 4 rings (SSSR count). The summed E-state index contributed by atoms with van der Waals surface area (Å²) in [4.78, 5) is 14.7. The molecule has 3 aliphatic rings. The van der Waals surface area contributed by atoms with Crippen LogP contribution in [0.3, 0.4) is 0 Å². The van der Waals surface area contributed by atoms with Crippen LogP contribution in [-0.2, 0) is 4.74 Å². The average molecular weight is 290 g/mol. The molecule has 0 spiro atoms. The standard InChI is InChI=1S/C16H22N2O3/c19-16(15-10-13(17-21-15)11-3-4-11)18-7-1-2-14(18)12-5-8-20-9-6-12/h10-12,14H,1-9H2. The molecular weight excluding hydrogens is 268 g/mol. The van der Waals surface area contributed by atoms with Crippen molar-refractivity contribution in [1.82, 2.24) is 10.1 Å². The van der Waals surface area contributed by atoms with Crippen molar-refractivity contribution in [2.24, 2.45) is 5.92 Å².